The van der Waals surface area contributed by atoms with Gasteiger partial charge >= 0.3 is 12.2 Å². The summed E-state index contributed by atoms with van der Waals surface area (Å²) in [6.45, 7) is 1.38. The number of hydrogen-bond acceptors (Lipinski definition) is 4. The number of carbonyl (C=O) groups is 1. The maximum Gasteiger partial charge on any atom is 0.416 e. The van der Waals surface area contributed by atoms with Gasteiger partial charge in [-0.05, 0) is 36.8 Å². The molecular formula is C18H20F3N3O4S. The lowest BCUT2D eigenvalue weighted by molar-refractivity contribution is -0.137. The van der Waals surface area contributed by atoms with Gasteiger partial charge < -0.3 is 15.4 Å². The van der Waals surface area contributed by atoms with Gasteiger partial charge in [0.1, 0.15) is 5.75 Å². The summed E-state index contributed by atoms with van der Waals surface area (Å²) < 4.78 is 69.1. The maximum atomic E-state index is 12.7. The van der Waals surface area contributed by atoms with Crippen LogP contribution in [-0.2, 0) is 22.7 Å². The molecule has 0 aromatic heterocycles. The van der Waals surface area contributed by atoms with Gasteiger partial charge in [-0.25, -0.2) is 13.2 Å². The molecule has 3 N–H and O–H groups in total. The zero-order valence-electron chi connectivity index (χ0n) is 15.6. The fraction of sp³-hybridized carbons (Fsp3) is 0.278. The van der Waals surface area contributed by atoms with Crippen LogP contribution in [0.2, 0.25) is 0 Å². The Kier molecular flexibility index (Phi) is 6.96. The number of halogens is 3. The quantitative estimate of drug-likeness (QED) is 0.621. The number of ether oxygens (including phenoxy) is 1. The van der Waals surface area contributed by atoms with Gasteiger partial charge in [0.25, 0.3) is 0 Å². The molecule has 0 aliphatic rings. The minimum Gasteiger partial charge on any atom is -0.494 e. The molecule has 158 valence electrons. The van der Waals surface area contributed by atoms with Crippen molar-refractivity contribution >= 4 is 27.4 Å². The SMILES string of the molecule is CCS(=O)(=O)Nc1ccc(NC(=O)NCc2cccc(C(F)(F)F)c2)cc1OC. The van der Waals surface area contributed by atoms with Crippen molar-refractivity contribution in [2.75, 3.05) is 22.9 Å². The first kappa shape index (κ1) is 22.3. The molecule has 0 bridgehead atoms. The molecular weight excluding hydrogens is 411 g/mol. The number of nitrogens with one attached hydrogen (secondary N) is 3. The molecule has 0 aliphatic heterocycles. The predicted molar refractivity (Wildman–Crippen MR) is 103 cm³/mol. The highest BCUT2D eigenvalue weighted by Gasteiger charge is 2.30. The third-order valence-corrected chi connectivity index (χ3v) is 5.10. The molecule has 0 heterocycles. The fourth-order valence-corrected chi connectivity index (χ4v) is 2.96. The normalized spacial score (nSPS) is 11.6. The van der Waals surface area contributed by atoms with Crippen molar-refractivity contribution in [1.29, 1.82) is 0 Å². The van der Waals surface area contributed by atoms with Gasteiger partial charge in [-0.1, -0.05) is 12.1 Å². The van der Waals surface area contributed by atoms with Crippen molar-refractivity contribution in [2.24, 2.45) is 0 Å². The second-order valence-corrected chi connectivity index (χ2v) is 7.94. The van der Waals surface area contributed by atoms with E-state index in [2.05, 4.69) is 15.4 Å². The van der Waals surface area contributed by atoms with Gasteiger partial charge in [0.05, 0.1) is 24.1 Å². The first-order chi connectivity index (χ1) is 13.5. The molecule has 2 aromatic carbocycles. The highest BCUT2D eigenvalue weighted by atomic mass is 32.2. The van der Waals surface area contributed by atoms with Crippen LogP contribution in [0.4, 0.5) is 29.3 Å². The van der Waals surface area contributed by atoms with E-state index in [1.165, 1.54) is 44.4 Å². The third kappa shape index (κ3) is 6.56. The highest BCUT2D eigenvalue weighted by Crippen LogP contribution is 2.30. The van der Waals surface area contributed by atoms with Crippen LogP contribution in [0.15, 0.2) is 42.5 Å². The van der Waals surface area contributed by atoms with Crippen LogP contribution in [0.1, 0.15) is 18.1 Å². The zero-order chi connectivity index (χ0) is 21.7. The van der Waals surface area contributed by atoms with E-state index in [4.69, 9.17) is 4.74 Å². The van der Waals surface area contributed by atoms with Crippen LogP contribution in [0.25, 0.3) is 0 Å². The van der Waals surface area contributed by atoms with Gasteiger partial charge in [-0.3, -0.25) is 4.72 Å². The van der Waals surface area contributed by atoms with Crippen LogP contribution >= 0.6 is 0 Å². The number of benzene rings is 2. The van der Waals surface area contributed by atoms with Crippen LogP contribution in [0, 0.1) is 0 Å². The Morgan fingerprint density at radius 2 is 1.86 bits per heavy atom. The molecule has 2 amide bonds. The van der Waals surface area contributed by atoms with Crippen molar-refractivity contribution in [3.05, 3.63) is 53.6 Å². The molecule has 0 aliphatic carbocycles. The Balaban J connectivity index is 2.02. The maximum absolute atomic E-state index is 12.7. The second kappa shape index (κ2) is 9.03. The van der Waals surface area contributed by atoms with E-state index in [1.54, 1.807) is 0 Å². The molecule has 0 spiro atoms. The number of rotatable bonds is 7. The zero-order valence-corrected chi connectivity index (χ0v) is 16.4. The van der Waals surface area contributed by atoms with E-state index in [0.29, 0.717) is 5.69 Å². The summed E-state index contributed by atoms with van der Waals surface area (Å²) in [6.07, 6.45) is -4.46. The summed E-state index contributed by atoms with van der Waals surface area (Å²) >= 11 is 0. The first-order valence-electron chi connectivity index (χ1n) is 8.43. The van der Waals surface area contributed by atoms with Crippen molar-refractivity contribution < 1.29 is 31.1 Å². The number of amides is 2. The molecule has 0 atom stereocenters. The summed E-state index contributed by atoms with van der Waals surface area (Å²) in [7, 11) is -2.16. The van der Waals surface area contributed by atoms with E-state index in [-0.39, 0.29) is 29.3 Å². The van der Waals surface area contributed by atoms with Crippen LogP contribution in [0.3, 0.4) is 0 Å². The number of anilines is 2. The first-order valence-corrected chi connectivity index (χ1v) is 10.1. The standard InChI is InChI=1S/C18H20F3N3O4S/c1-3-29(26,27)24-15-8-7-14(10-16(15)28-2)23-17(25)22-11-12-5-4-6-13(9-12)18(19,20)21/h4-10,24H,3,11H2,1-2H3,(H2,22,23,25). The number of carbonyl (C=O) groups excluding carboxylic acids is 1. The van der Waals surface area contributed by atoms with Crippen molar-refractivity contribution in [1.82, 2.24) is 5.32 Å². The number of methoxy groups -OCH3 is 1. The molecule has 11 heteroatoms. The molecule has 29 heavy (non-hydrogen) atoms. The smallest absolute Gasteiger partial charge is 0.416 e. The van der Waals surface area contributed by atoms with E-state index < -0.39 is 27.8 Å². The average molecular weight is 431 g/mol. The third-order valence-electron chi connectivity index (χ3n) is 3.81. The minimum absolute atomic E-state index is 0.110. The minimum atomic E-state index is -4.46. The predicted octanol–water partition coefficient (Wildman–Crippen LogP) is 3.80. The van der Waals surface area contributed by atoms with E-state index in [0.717, 1.165) is 12.1 Å². The molecule has 2 aromatic rings. The molecule has 0 saturated carbocycles. The molecule has 7 nitrogen and oxygen atoms in total. The van der Waals surface area contributed by atoms with Gasteiger partial charge in [0.15, 0.2) is 0 Å². The largest absolute Gasteiger partial charge is 0.494 e. The second-order valence-electron chi connectivity index (χ2n) is 5.93. The Hall–Kier alpha value is -2.95. The number of hydrogen-bond donors (Lipinski definition) is 3. The molecule has 0 unspecified atom stereocenters. The highest BCUT2D eigenvalue weighted by molar-refractivity contribution is 7.92. The van der Waals surface area contributed by atoms with E-state index >= 15 is 0 Å². The summed E-state index contributed by atoms with van der Waals surface area (Å²) in [5.41, 5.74) is 0.0102. The summed E-state index contributed by atoms with van der Waals surface area (Å²) in [4.78, 5) is 12.0. The summed E-state index contributed by atoms with van der Waals surface area (Å²) in [5, 5.41) is 4.96. The molecule has 0 fully saturated rings. The Morgan fingerprint density at radius 3 is 2.48 bits per heavy atom. The number of alkyl halides is 3. The van der Waals surface area contributed by atoms with Crippen LogP contribution in [0.5, 0.6) is 5.75 Å². The molecule has 0 saturated heterocycles. The van der Waals surface area contributed by atoms with E-state index in [1.807, 2.05) is 0 Å². The monoisotopic (exact) mass is 431 g/mol. The average Bonchev–Trinajstić information content (AvgIpc) is 2.67. The fourth-order valence-electron chi connectivity index (χ4n) is 2.31. The number of sulfonamides is 1. The molecule has 0 radical (unpaired) electrons. The van der Waals surface area contributed by atoms with Crippen molar-refractivity contribution in [3.8, 4) is 5.75 Å². The van der Waals surface area contributed by atoms with Crippen LogP contribution < -0.4 is 20.1 Å². The van der Waals surface area contributed by atoms with Gasteiger partial charge in [-0.2, -0.15) is 13.2 Å². The van der Waals surface area contributed by atoms with E-state index in [9.17, 15) is 26.4 Å². The Morgan fingerprint density at radius 1 is 1.14 bits per heavy atom. The lowest BCUT2D eigenvalue weighted by Crippen LogP contribution is -2.28. The Labute approximate surface area is 166 Å². The summed E-state index contributed by atoms with van der Waals surface area (Å²) in [6, 6.07) is 8.28. The van der Waals surface area contributed by atoms with Gasteiger partial charge in [0.2, 0.25) is 10.0 Å². The lowest BCUT2D eigenvalue weighted by atomic mass is 10.1. The van der Waals surface area contributed by atoms with Crippen molar-refractivity contribution in [2.45, 2.75) is 19.6 Å². The number of urea groups is 1. The topological polar surface area (TPSA) is 96.5 Å². The summed E-state index contributed by atoms with van der Waals surface area (Å²) in [5.74, 6) is 0.0754. The Bertz CT molecular complexity index is 979. The van der Waals surface area contributed by atoms with Crippen molar-refractivity contribution in [3.63, 3.8) is 0 Å². The molecule has 2 rings (SSSR count). The lowest BCUT2D eigenvalue weighted by Gasteiger charge is -2.14. The van der Waals surface area contributed by atoms with Crippen LogP contribution in [-0.4, -0.2) is 27.3 Å². The van der Waals surface area contributed by atoms with Gasteiger partial charge in [-0.15, -0.1) is 0 Å². The van der Waals surface area contributed by atoms with Gasteiger partial charge in [0, 0.05) is 18.3 Å².